The van der Waals surface area contributed by atoms with E-state index >= 15 is 0 Å². The number of hydrogen-bond acceptors (Lipinski definition) is 8. The lowest BCUT2D eigenvalue weighted by Crippen LogP contribution is -2.00. The van der Waals surface area contributed by atoms with Gasteiger partial charge in [-0.15, -0.1) is 0 Å². The molecule has 4 heterocycles. The minimum atomic E-state index is 0.627. The molecule has 0 aliphatic carbocycles. The van der Waals surface area contributed by atoms with Crippen LogP contribution in [0.2, 0.25) is 0 Å². The Morgan fingerprint density at radius 1 is 0.125 bits per heavy atom. The van der Waals surface area contributed by atoms with Crippen LogP contribution in [0.1, 0.15) is 0 Å². The summed E-state index contributed by atoms with van der Waals surface area (Å²) >= 11 is 0. The summed E-state index contributed by atoms with van der Waals surface area (Å²) in [7, 11) is 0. The molecule has 0 radical (unpaired) electrons. The number of hydrogen-bond donors (Lipinski definition) is 0. The Bertz CT molecular complexity index is 6490. The van der Waals surface area contributed by atoms with E-state index < -0.39 is 0 Å². The van der Waals surface area contributed by atoms with Gasteiger partial charge < -0.3 is 0 Å². The Kier molecular flexibility index (Phi) is 15.4. The molecule has 0 amide bonds. The first-order chi connectivity index (χ1) is 51.5. The third kappa shape index (κ3) is 11.3. The van der Waals surface area contributed by atoms with E-state index in [4.69, 9.17) is 39.9 Å². The van der Waals surface area contributed by atoms with Gasteiger partial charge in [-0.2, -0.15) is 0 Å². The molecule has 484 valence electrons. The highest BCUT2D eigenvalue weighted by Crippen LogP contribution is 2.43. The smallest absolute Gasteiger partial charge is 0.164 e. The quantitative estimate of drug-likeness (QED) is 0.0985. The van der Waals surface area contributed by atoms with E-state index in [1.165, 1.54) is 38.2 Å². The Hall–Kier alpha value is -14.1. The maximum absolute atomic E-state index is 5.36. The SMILES string of the molecule is c1ccc(-c2ccc(-c3nc(-c4ccccc4)nc(-c4ccc(-c5c6ccc7ccccc7c6nc6c5ccc5ccccc56)cc4)n3)cc2)cc1.c1ccc(-c2cccc(-c3nc(-c4ccccc4)nc(-c4ccc(-c5c6ccc7ccccc7c6nc6c5ccc5ccccc56)cc4)n3)c2)cc1. The van der Waals surface area contributed by atoms with E-state index in [0.29, 0.717) is 34.9 Å². The van der Waals surface area contributed by atoms with Gasteiger partial charge in [-0.05, 0) is 61.0 Å². The molecule has 104 heavy (non-hydrogen) atoms. The Morgan fingerprint density at radius 2 is 0.346 bits per heavy atom. The zero-order chi connectivity index (χ0) is 68.9. The molecular formula is C96H60N8. The van der Waals surface area contributed by atoms with E-state index in [1.54, 1.807) is 0 Å². The van der Waals surface area contributed by atoms with Crippen molar-refractivity contribution in [3.05, 3.63) is 364 Å². The van der Waals surface area contributed by atoms with Crippen molar-refractivity contribution < 1.29 is 0 Å². The fourth-order valence-electron chi connectivity index (χ4n) is 14.6. The Labute approximate surface area is 599 Å². The monoisotopic (exact) mass is 1320 g/mol. The lowest BCUT2D eigenvalue weighted by atomic mass is 9.92. The van der Waals surface area contributed by atoms with E-state index in [9.17, 15) is 0 Å². The summed E-state index contributed by atoms with van der Waals surface area (Å²) in [6, 6.07) is 127. The molecule has 0 saturated heterocycles. The summed E-state index contributed by atoms with van der Waals surface area (Å²) in [5, 5.41) is 13.8. The average Bonchev–Trinajstić information content (AvgIpc) is 0.742. The molecular weight excluding hydrogens is 1270 g/mol. The zero-order valence-electron chi connectivity index (χ0n) is 56.2. The molecule has 8 heteroatoms. The van der Waals surface area contributed by atoms with Crippen molar-refractivity contribution in [3.63, 3.8) is 0 Å². The molecule has 0 saturated carbocycles. The highest BCUT2D eigenvalue weighted by molar-refractivity contribution is 6.23. The summed E-state index contributed by atoms with van der Waals surface area (Å²) < 4.78 is 0. The van der Waals surface area contributed by atoms with Crippen molar-refractivity contribution in [1.29, 1.82) is 0 Å². The fraction of sp³-hybridized carbons (Fsp3) is 0. The highest BCUT2D eigenvalue weighted by atomic mass is 15.0. The molecule has 0 N–H and O–H groups in total. The largest absolute Gasteiger partial charge is 0.246 e. The predicted octanol–water partition coefficient (Wildman–Crippen LogP) is 24.4. The van der Waals surface area contributed by atoms with Crippen molar-refractivity contribution >= 4 is 86.7 Å². The molecule has 0 aliphatic heterocycles. The second kappa shape index (κ2) is 26.2. The van der Waals surface area contributed by atoms with Crippen LogP contribution in [0.25, 0.3) is 200 Å². The minimum absolute atomic E-state index is 0.627. The molecule has 0 unspecified atom stereocenters. The van der Waals surface area contributed by atoms with Gasteiger partial charge in [0.1, 0.15) is 0 Å². The van der Waals surface area contributed by atoms with Gasteiger partial charge in [0.25, 0.3) is 0 Å². The van der Waals surface area contributed by atoms with Crippen molar-refractivity contribution in [1.82, 2.24) is 39.9 Å². The first-order valence-electron chi connectivity index (χ1n) is 35.0. The van der Waals surface area contributed by atoms with Gasteiger partial charge in [0.15, 0.2) is 34.9 Å². The van der Waals surface area contributed by atoms with Crippen molar-refractivity contribution in [2.45, 2.75) is 0 Å². The van der Waals surface area contributed by atoms with Gasteiger partial charge in [0.2, 0.25) is 0 Å². The van der Waals surface area contributed by atoms with Crippen LogP contribution in [0, 0.1) is 0 Å². The van der Waals surface area contributed by atoms with Gasteiger partial charge in [-0.3, -0.25) is 0 Å². The van der Waals surface area contributed by atoms with E-state index in [0.717, 1.165) is 126 Å². The highest BCUT2D eigenvalue weighted by Gasteiger charge is 2.21. The van der Waals surface area contributed by atoms with Crippen LogP contribution in [-0.4, -0.2) is 39.9 Å². The minimum Gasteiger partial charge on any atom is -0.246 e. The predicted molar refractivity (Wildman–Crippen MR) is 430 cm³/mol. The van der Waals surface area contributed by atoms with E-state index in [1.807, 2.05) is 72.8 Å². The Morgan fingerprint density at radius 3 is 0.673 bits per heavy atom. The second-order valence-electron chi connectivity index (χ2n) is 26.1. The standard InChI is InChI=1S/2C48H30N4/c1-3-12-31(13-4-1)37-18-11-19-38(30-37)48-51-46(35-16-5-2-6-17-35)50-47(52-48)36-24-22-34(23-25-36)43-41-28-26-32-14-7-9-20-39(32)44(41)49-45-40-21-10-8-15-33(40)27-29-42(43)45;1-3-11-31(12-4-1)32-19-23-37(24-20-32)47-50-46(36-15-5-2-6-16-36)51-48(52-47)38-25-21-35(22-26-38)43-41-29-27-33-13-7-9-17-39(33)44(41)49-45-40-18-10-8-14-34(40)28-30-42(43)45/h2*1-30H. The van der Waals surface area contributed by atoms with Crippen LogP contribution >= 0.6 is 0 Å². The summed E-state index contributed by atoms with van der Waals surface area (Å²) in [6.45, 7) is 0. The molecule has 0 spiro atoms. The van der Waals surface area contributed by atoms with Crippen LogP contribution in [0.15, 0.2) is 364 Å². The number of benzene rings is 16. The Balaban J connectivity index is 0.000000143. The van der Waals surface area contributed by atoms with Gasteiger partial charge in [0.05, 0.1) is 22.1 Å². The summed E-state index contributed by atoms with van der Waals surface area (Å²) in [4.78, 5) is 40.8. The lowest BCUT2D eigenvalue weighted by molar-refractivity contribution is 1.07. The van der Waals surface area contributed by atoms with Crippen molar-refractivity contribution in [2.75, 3.05) is 0 Å². The second-order valence-corrected chi connectivity index (χ2v) is 26.1. The summed E-state index contributed by atoms with van der Waals surface area (Å²) in [5.74, 6) is 3.81. The normalized spacial score (nSPS) is 11.5. The van der Waals surface area contributed by atoms with Crippen LogP contribution in [-0.2, 0) is 0 Å². The first kappa shape index (κ1) is 61.0. The van der Waals surface area contributed by atoms with Crippen LogP contribution in [0.3, 0.4) is 0 Å². The number of pyridine rings is 2. The van der Waals surface area contributed by atoms with E-state index in [2.05, 4.69) is 291 Å². The maximum Gasteiger partial charge on any atom is 0.164 e. The maximum atomic E-state index is 5.36. The van der Waals surface area contributed by atoms with Gasteiger partial charge in [-0.1, -0.05) is 358 Å². The van der Waals surface area contributed by atoms with Crippen LogP contribution in [0.5, 0.6) is 0 Å². The lowest BCUT2D eigenvalue weighted by Gasteiger charge is -2.15. The summed E-state index contributed by atoms with van der Waals surface area (Å²) in [6.07, 6.45) is 0. The van der Waals surface area contributed by atoms with Crippen molar-refractivity contribution in [2.24, 2.45) is 0 Å². The van der Waals surface area contributed by atoms with Crippen LogP contribution < -0.4 is 0 Å². The molecule has 0 bridgehead atoms. The number of nitrogens with zero attached hydrogens (tertiary/aromatic N) is 8. The third-order valence-electron chi connectivity index (χ3n) is 19.8. The molecule has 20 rings (SSSR count). The van der Waals surface area contributed by atoms with Crippen LogP contribution in [0.4, 0.5) is 0 Å². The molecule has 0 aliphatic rings. The molecule has 4 aromatic heterocycles. The topological polar surface area (TPSA) is 103 Å². The molecule has 16 aromatic carbocycles. The molecule has 0 atom stereocenters. The molecule has 8 nitrogen and oxygen atoms in total. The molecule has 0 fully saturated rings. The number of fused-ring (bicyclic) bond motifs is 12. The average molecular weight is 1330 g/mol. The number of rotatable bonds is 10. The first-order valence-corrected chi connectivity index (χ1v) is 35.0. The zero-order valence-corrected chi connectivity index (χ0v) is 56.2. The number of aromatic nitrogens is 8. The van der Waals surface area contributed by atoms with Crippen molar-refractivity contribution in [3.8, 4) is 113 Å². The third-order valence-corrected chi connectivity index (χ3v) is 19.8. The summed E-state index contributed by atoms with van der Waals surface area (Å²) in [5.41, 5.74) is 18.8. The van der Waals surface area contributed by atoms with Gasteiger partial charge in [-0.25, -0.2) is 39.9 Å². The van der Waals surface area contributed by atoms with Gasteiger partial charge >= 0.3 is 0 Å². The fourth-order valence-corrected chi connectivity index (χ4v) is 14.6. The van der Waals surface area contributed by atoms with E-state index in [-0.39, 0.29) is 0 Å². The van der Waals surface area contributed by atoms with Gasteiger partial charge in [0, 0.05) is 87.6 Å². The molecule has 20 aromatic rings.